The van der Waals surface area contributed by atoms with Crippen LogP contribution in [0.25, 0.3) is 0 Å². The molecule has 0 aliphatic rings. The third-order valence-electron chi connectivity index (χ3n) is 3.02. The fourth-order valence-electron chi connectivity index (χ4n) is 1.83. The van der Waals surface area contributed by atoms with Crippen molar-refractivity contribution in [1.29, 1.82) is 0 Å². The molecular formula is C16H14ClIO2. The Hall–Kier alpha value is -1.07. The normalized spacial score (nSPS) is 13.6. The van der Waals surface area contributed by atoms with Gasteiger partial charge in [-0.3, -0.25) is 0 Å². The molecule has 20 heavy (non-hydrogen) atoms. The first-order valence-electron chi connectivity index (χ1n) is 6.15. The van der Waals surface area contributed by atoms with Crippen LogP contribution in [0.5, 0.6) is 0 Å². The van der Waals surface area contributed by atoms with E-state index in [0.717, 1.165) is 5.56 Å². The third kappa shape index (κ3) is 3.52. The summed E-state index contributed by atoms with van der Waals surface area (Å²) >= 11 is 8.13. The van der Waals surface area contributed by atoms with Crippen LogP contribution in [-0.4, -0.2) is 10.4 Å². The van der Waals surface area contributed by atoms with Crippen molar-refractivity contribution in [2.45, 2.75) is 12.5 Å². The molecule has 0 amide bonds. The van der Waals surface area contributed by atoms with Crippen molar-refractivity contribution < 1.29 is 9.53 Å². The standard InChI is InChI=1S/C16H14ClIO2/c1-16(11-18,13-7-3-2-4-8-13)20-15(19)12-6-5-9-14(17)10-12/h2-10H,11H2,1H3. The SMILES string of the molecule is CC(CI)(OC(=O)c1cccc(Cl)c1)c1ccccc1. The Morgan fingerprint density at radius 1 is 1.20 bits per heavy atom. The highest BCUT2D eigenvalue weighted by molar-refractivity contribution is 14.1. The van der Waals surface area contributed by atoms with Crippen molar-refractivity contribution in [2.75, 3.05) is 4.43 Å². The van der Waals surface area contributed by atoms with E-state index in [1.165, 1.54) is 0 Å². The zero-order valence-electron chi connectivity index (χ0n) is 11.0. The van der Waals surface area contributed by atoms with Crippen LogP contribution in [0, 0.1) is 0 Å². The van der Waals surface area contributed by atoms with Crippen molar-refractivity contribution in [3.05, 3.63) is 70.7 Å². The molecule has 0 radical (unpaired) electrons. The summed E-state index contributed by atoms with van der Waals surface area (Å²) in [5.74, 6) is -0.365. The lowest BCUT2D eigenvalue weighted by atomic mass is 9.98. The number of rotatable bonds is 4. The van der Waals surface area contributed by atoms with Crippen molar-refractivity contribution in [1.82, 2.24) is 0 Å². The predicted octanol–water partition coefficient (Wildman–Crippen LogP) is 4.85. The summed E-state index contributed by atoms with van der Waals surface area (Å²) in [6.45, 7) is 1.91. The summed E-state index contributed by atoms with van der Waals surface area (Å²) in [5, 5.41) is 0.523. The predicted molar refractivity (Wildman–Crippen MR) is 89.5 cm³/mol. The highest BCUT2D eigenvalue weighted by Crippen LogP contribution is 2.29. The minimum absolute atomic E-state index is 0.365. The van der Waals surface area contributed by atoms with Gasteiger partial charge in [-0.25, -0.2) is 4.79 Å². The van der Waals surface area contributed by atoms with Gasteiger partial charge in [0.1, 0.15) is 5.60 Å². The van der Waals surface area contributed by atoms with Crippen molar-refractivity contribution in [3.8, 4) is 0 Å². The van der Waals surface area contributed by atoms with E-state index in [1.54, 1.807) is 24.3 Å². The van der Waals surface area contributed by atoms with E-state index < -0.39 is 5.60 Å². The number of carbonyl (C=O) groups is 1. The Labute approximate surface area is 137 Å². The molecule has 0 aliphatic carbocycles. The zero-order chi connectivity index (χ0) is 14.6. The van der Waals surface area contributed by atoms with Gasteiger partial charge in [-0.2, -0.15) is 0 Å². The van der Waals surface area contributed by atoms with Gasteiger partial charge >= 0.3 is 5.97 Å². The number of carbonyl (C=O) groups excluding carboxylic acids is 1. The smallest absolute Gasteiger partial charge is 0.339 e. The van der Waals surface area contributed by atoms with Crippen molar-refractivity contribution in [2.24, 2.45) is 0 Å². The van der Waals surface area contributed by atoms with E-state index in [0.29, 0.717) is 15.0 Å². The van der Waals surface area contributed by atoms with E-state index in [-0.39, 0.29) is 5.97 Å². The van der Waals surface area contributed by atoms with Gasteiger partial charge in [-0.15, -0.1) is 0 Å². The van der Waals surface area contributed by atoms with Crippen LogP contribution >= 0.6 is 34.2 Å². The molecule has 0 aromatic heterocycles. The van der Waals surface area contributed by atoms with Crippen LogP contribution in [0.1, 0.15) is 22.8 Å². The molecule has 4 heteroatoms. The van der Waals surface area contributed by atoms with Crippen molar-refractivity contribution in [3.63, 3.8) is 0 Å². The van der Waals surface area contributed by atoms with Crippen LogP contribution in [0.2, 0.25) is 5.02 Å². The second kappa shape index (κ2) is 6.59. The van der Waals surface area contributed by atoms with Gasteiger partial charge < -0.3 is 4.74 Å². The molecule has 0 aliphatic heterocycles. The van der Waals surface area contributed by atoms with Crippen LogP contribution in [0.15, 0.2) is 54.6 Å². The number of hydrogen-bond acceptors (Lipinski definition) is 2. The molecule has 0 fully saturated rings. The lowest BCUT2D eigenvalue weighted by Gasteiger charge is -2.28. The fourth-order valence-corrected chi connectivity index (χ4v) is 2.62. The molecule has 2 aromatic rings. The second-order valence-corrected chi connectivity index (χ2v) is 5.83. The first kappa shape index (κ1) is 15.3. The van der Waals surface area contributed by atoms with Crippen LogP contribution in [0.4, 0.5) is 0 Å². The number of hydrogen-bond donors (Lipinski definition) is 0. The topological polar surface area (TPSA) is 26.3 Å². The molecule has 0 spiro atoms. The summed E-state index contributed by atoms with van der Waals surface area (Å²) in [6.07, 6.45) is 0. The maximum absolute atomic E-state index is 12.3. The van der Waals surface area contributed by atoms with Gasteiger partial charge in [0.05, 0.1) is 5.56 Å². The quantitative estimate of drug-likeness (QED) is 0.417. The van der Waals surface area contributed by atoms with Crippen LogP contribution in [-0.2, 0) is 10.3 Å². The molecule has 0 saturated carbocycles. The van der Waals surface area contributed by atoms with Gasteiger partial charge in [-0.1, -0.05) is 70.6 Å². The minimum atomic E-state index is -0.652. The lowest BCUT2D eigenvalue weighted by molar-refractivity contribution is 0.000342. The first-order chi connectivity index (χ1) is 9.55. The highest BCUT2D eigenvalue weighted by Gasteiger charge is 2.30. The van der Waals surface area contributed by atoms with Gasteiger partial charge in [0.15, 0.2) is 0 Å². The summed E-state index contributed by atoms with van der Waals surface area (Å²) < 4.78 is 6.38. The van der Waals surface area contributed by atoms with E-state index >= 15 is 0 Å². The fraction of sp³-hybridized carbons (Fsp3) is 0.188. The Kier molecular flexibility index (Phi) is 5.05. The zero-order valence-corrected chi connectivity index (χ0v) is 13.9. The molecule has 104 valence electrons. The second-order valence-electron chi connectivity index (χ2n) is 4.63. The lowest BCUT2D eigenvalue weighted by Crippen LogP contribution is -2.30. The van der Waals surface area contributed by atoms with E-state index in [9.17, 15) is 4.79 Å². The molecule has 0 heterocycles. The summed E-state index contributed by atoms with van der Waals surface area (Å²) in [5.41, 5.74) is 0.788. The Morgan fingerprint density at radius 3 is 2.50 bits per heavy atom. The Balaban J connectivity index is 2.24. The molecular weight excluding hydrogens is 387 g/mol. The maximum Gasteiger partial charge on any atom is 0.339 e. The molecule has 1 unspecified atom stereocenters. The number of ether oxygens (including phenoxy) is 1. The molecule has 2 aromatic carbocycles. The van der Waals surface area contributed by atoms with E-state index in [1.807, 2.05) is 37.3 Å². The average molecular weight is 401 g/mol. The Bertz CT molecular complexity index is 600. The van der Waals surface area contributed by atoms with Gasteiger partial charge in [-0.05, 0) is 30.7 Å². The number of esters is 1. The summed E-state index contributed by atoms with van der Waals surface area (Å²) in [6, 6.07) is 16.5. The van der Waals surface area contributed by atoms with Crippen molar-refractivity contribution >= 4 is 40.2 Å². The number of benzene rings is 2. The molecule has 0 saturated heterocycles. The molecule has 2 rings (SSSR count). The minimum Gasteiger partial charge on any atom is -0.450 e. The molecule has 0 N–H and O–H groups in total. The van der Waals surface area contributed by atoms with Gasteiger partial charge in [0.2, 0.25) is 0 Å². The molecule has 2 nitrogen and oxygen atoms in total. The largest absolute Gasteiger partial charge is 0.450 e. The first-order valence-corrected chi connectivity index (χ1v) is 8.06. The molecule has 0 bridgehead atoms. The highest BCUT2D eigenvalue weighted by atomic mass is 127. The van der Waals surface area contributed by atoms with Crippen LogP contribution in [0.3, 0.4) is 0 Å². The average Bonchev–Trinajstić information content (AvgIpc) is 2.48. The Morgan fingerprint density at radius 2 is 1.90 bits per heavy atom. The number of halogens is 2. The summed E-state index contributed by atoms with van der Waals surface area (Å²) in [7, 11) is 0. The monoisotopic (exact) mass is 400 g/mol. The van der Waals surface area contributed by atoms with Gasteiger partial charge in [0, 0.05) is 9.45 Å². The number of alkyl halides is 1. The third-order valence-corrected chi connectivity index (χ3v) is 4.71. The van der Waals surface area contributed by atoms with E-state index in [2.05, 4.69) is 22.6 Å². The maximum atomic E-state index is 12.3. The van der Waals surface area contributed by atoms with E-state index in [4.69, 9.17) is 16.3 Å². The van der Waals surface area contributed by atoms with Crippen LogP contribution < -0.4 is 0 Å². The summed E-state index contributed by atoms with van der Waals surface area (Å²) in [4.78, 5) is 12.3. The molecule has 1 atom stereocenters. The van der Waals surface area contributed by atoms with Gasteiger partial charge in [0.25, 0.3) is 0 Å².